The maximum Gasteiger partial charge on any atom is 0.339 e. The van der Waals surface area contributed by atoms with Gasteiger partial charge >= 0.3 is 5.97 Å². The van der Waals surface area contributed by atoms with Gasteiger partial charge in [0.1, 0.15) is 0 Å². The fourth-order valence-electron chi connectivity index (χ4n) is 1.76. The highest BCUT2D eigenvalue weighted by Gasteiger charge is 2.13. The summed E-state index contributed by atoms with van der Waals surface area (Å²) in [7, 11) is 1.33. The first kappa shape index (κ1) is 12.5. The number of esters is 1. The molecule has 92 valence electrons. The third kappa shape index (κ3) is 2.31. The average molecular weight is 262 g/mol. The number of para-hydroxylation sites is 1. The molecular weight excluding hydrogens is 250 g/mol. The molecule has 0 heterocycles. The van der Waals surface area contributed by atoms with Crippen molar-refractivity contribution < 1.29 is 9.53 Å². The van der Waals surface area contributed by atoms with Crippen LogP contribution in [-0.4, -0.2) is 13.1 Å². The van der Waals surface area contributed by atoms with E-state index in [4.69, 9.17) is 17.3 Å². The molecule has 0 spiro atoms. The quantitative estimate of drug-likeness (QED) is 0.666. The topological polar surface area (TPSA) is 52.3 Å². The Bertz CT molecular complexity index is 596. The summed E-state index contributed by atoms with van der Waals surface area (Å²) in [6.07, 6.45) is 0. The second kappa shape index (κ2) is 5.10. The van der Waals surface area contributed by atoms with Gasteiger partial charge in [0, 0.05) is 10.6 Å². The number of anilines is 1. The monoisotopic (exact) mass is 261 g/mol. The van der Waals surface area contributed by atoms with Crippen LogP contribution in [0.4, 0.5) is 5.69 Å². The minimum absolute atomic E-state index is 0.356. The van der Waals surface area contributed by atoms with Gasteiger partial charge in [-0.25, -0.2) is 4.79 Å². The fraction of sp³-hybridized carbons (Fsp3) is 0.0714. The molecule has 4 heteroatoms. The van der Waals surface area contributed by atoms with E-state index in [0.717, 1.165) is 11.1 Å². The minimum atomic E-state index is -0.448. The third-order valence-corrected chi connectivity index (χ3v) is 2.88. The smallest absolute Gasteiger partial charge is 0.339 e. The molecule has 0 aliphatic rings. The standard InChI is InChI=1S/C14H12ClNO2/c1-18-14(17)12-7-3-6-11(13(12)16)9-4-2-5-10(15)8-9/h2-8H,16H2,1H3. The summed E-state index contributed by atoms with van der Waals surface area (Å²) in [5.41, 5.74) is 8.38. The zero-order chi connectivity index (χ0) is 13.1. The van der Waals surface area contributed by atoms with E-state index in [1.54, 1.807) is 24.3 Å². The maximum absolute atomic E-state index is 11.6. The molecule has 18 heavy (non-hydrogen) atoms. The Labute approximate surface area is 110 Å². The van der Waals surface area contributed by atoms with Crippen LogP contribution in [0.15, 0.2) is 42.5 Å². The summed E-state index contributed by atoms with van der Waals surface area (Å²) in [5, 5.41) is 0.621. The highest BCUT2D eigenvalue weighted by atomic mass is 35.5. The molecule has 3 nitrogen and oxygen atoms in total. The highest BCUT2D eigenvalue weighted by molar-refractivity contribution is 6.30. The predicted molar refractivity (Wildman–Crippen MR) is 72.6 cm³/mol. The van der Waals surface area contributed by atoms with Crippen LogP contribution in [0.5, 0.6) is 0 Å². The van der Waals surface area contributed by atoms with Gasteiger partial charge in [-0.3, -0.25) is 0 Å². The number of methoxy groups -OCH3 is 1. The normalized spacial score (nSPS) is 10.1. The number of hydrogen-bond acceptors (Lipinski definition) is 3. The summed E-state index contributed by atoms with van der Waals surface area (Å²) in [6.45, 7) is 0. The van der Waals surface area contributed by atoms with Crippen LogP contribution < -0.4 is 5.73 Å². The number of carbonyl (C=O) groups excluding carboxylic acids is 1. The Balaban J connectivity index is 2.56. The van der Waals surface area contributed by atoms with Crippen LogP contribution in [0.2, 0.25) is 5.02 Å². The zero-order valence-corrected chi connectivity index (χ0v) is 10.6. The van der Waals surface area contributed by atoms with Crippen molar-refractivity contribution in [2.24, 2.45) is 0 Å². The molecule has 2 rings (SSSR count). The summed E-state index contributed by atoms with van der Waals surface area (Å²) in [6, 6.07) is 12.5. The first-order valence-corrected chi connectivity index (χ1v) is 5.74. The van der Waals surface area contributed by atoms with Gasteiger partial charge in [-0.2, -0.15) is 0 Å². The Morgan fingerprint density at radius 3 is 2.61 bits per heavy atom. The number of hydrogen-bond donors (Lipinski definition) is 1. The number of nitrogen functional groups attached to an aromatic ring is 1. The molecule has 0 aromatic heterocycles. The lowest BCUT2D eigenvalue weighted by atomic mass is 10.0. The molecule has 2 aromatic rings. The van der Waals surface area contributed by atoms with Crippen molar-refractivity contribution >= 4 is 23.3 Å². The molecule has 0 unspecified atom stereocenters. The van der Waals surface area contributed by atoms with Crippen molar-refractivity contribution in [2.75, 3.05) is 12.8 Å². The van der Waals surface area contributed by atoms with Crippen LogP contribution in [0.25, 0.3) is 11.1 Å². The van der Waals surface area contributed by atoms with Gasteiger partial charge in [-0.15, -0.1) is 0 Å². The van der Waals surface area contributed by atoms with E-state index in [2.05, 4.69) is 4.74 Å². The van der Waals surface area contributed by atoms with E-state index in [1.165, 1.54) is 7.11 Å². The molecule has 0 saturated carbocycles. The lowest BCUT2D eigenvalue weighted by Gasteiger charge is -2.10. The maximum atomic E-state index is 11.6. The summed E-state index contributed by atoms with van der Waals surface area (Å²) >= 11 is 5.94. The molecule has 2 aromatic carbocycles. The van der Waals surface area contributed by atoms with E-state index in [0.29, 0.717) is 16.3 Å². The summed E-state index contributed by atoms with van der Waals surface area (Å²) in [4.78, 5) is 11.6. The molecule has 0 saturated heterocycles. The number of nitrogens with two attached hydrogens (primary N) is 1. The van der Waals surface area contributed by atoms with Gasteiger partial charge in [0.25, 0.3) is 0 Å². The average Bonchev–Trinajstić information content (AvgIpc) is 2.38. The van der Waals surface area contributed by atoms with E-state index in [1.807, 2.05) is 18.2 Å². The number of rotatable bonds is 2. The van der Waals surface area contributed by atoms with Gasteiger partial charge in [-0.05, 0) is 23.8 Å². The Hall–Kier alpha value is -2.00. The SMILES string of the molecule is COC(=O)c1cccc(-c2cccc(Cl)c2)c1N. The van der Waals surface area contributed by atoms with E-state index < -0.39 is 5.97 Å². The minimum Gasteiger partial charge on any atom is -0.465 e. The molecule has 0 bridgehead atoms. The van der Waals surface area contributed by atoms with Crippen molar-refractivity contribution in [3.63, 3.8) is 0 Å². The fourth-order valence-corrected chi connectivity index (χ4v) is 1.95. The lowest BCUT2D eigenvalue weighted by Crippen LogP contribution is -2.06. The van der Waals surface area contributed by atoms with Gasteiger partial charge in [0.15, 0.2) is 0 Å². The van der Waals surface area contributed by atoms with Crippen molar-refractivity contribution in [1.82, 2.24) is 0 Å². The zero-order valence-electron chi connectivity index (χ0n) is 9.81. The Morgan fingerprint density at radius 2 is 1.94 bits per heavy atom. The van der Waals surface area contributed by atoms with E-state index in [-0.39, 0.29) is 0 Å². The van der Waals surface area contributed by atoms with Crippen molar-refractivity contribution in [1.29, 1.82) is 0 Å². The van der Waals surface area contributed by atoms with Crippen molar-refractivity contribution in [3.05, 3.63) is 53.1 Å². The molecule has 2 N–H and O–H groups in total. The molecule has 0 aliphatic heterocycles. The van der Waals surface area contributed by atoms with Crippen LogP contribution in [0.3, 0.4) is 0 Å². The molecule has 0 aliphatic carbocycles. The van der Waals surface area contributed by atoms with E-state index >= 15 is 0 Å². The Kier molecular flexibility index (Phi) is 3.53. The third-order valence-electron chi connectivity index (χ3n) is 2.65. The molecule has 0 radical (unpaired) electrons. The Morgan fingerprint density at radius 1 is 1.22 bits per heavy atom. The predicted octanol–water partition coefficient (Wildman–Crippen LogP) is 3.38. The van der Waals surface area contributed by atoms with Crippen LogP contribution >= 0.6 is 11.6 Å². The second-order valence-corrected chi connectivity index (χ2v) is 4.21. The van der Waals surface area contributed by atoms with Crippen molar-refractivity contribution in [3.8, 4) is 11.1 Å². The number of benzene rings is 2. The van der Waals surface area contributed by atoms with Gasteiger partial charge in [0.2, 0.25) is 0 Å². The van der Waals surface area contributed by atoms with Gasteiger partial charge in [-0.1, -0.05) is 35.9 Å². The first-order chi connectivity index (χ1) is 8.63. The molecule has 0 atom stereocenters. The number of halogens is 1. The van der Waals surface area contributed by atoms with Crippen LogP contribution in [0.1, 0.15) is 10.4 Å². The number of carbonyl (C=O) groups is 1. The van der Waals surface area contributed by atoms with Crippen LogP contribution in [-0.2, 0) is 4.74 Å². The molecular formula is C14H12ClNO2. The highest BCUT2D eigenvalue weighted by Crippen LogP contribution is 2.30. The van der Waals surface area contributed by atoms with Crippen molar-refractivity contribution in [2.45, 2.75) is 0 Å². The first-order valence-electron chi connectivity index (χ1n) is 5.36. The lowest BCUT2D eigenvalue weighted by molar-refractivity contribution is 0.0602. The molecule has 0 fully saturated rings. The largest absolute Gasteiger partial charge is 0.465 e. The number of ether oxygens (including phenoxy) is 1. The summed E-state index contributed by atoms with van der Waals surface area (Å²) in [5.74, 6) is -0.448. The van der Waals surface area contributed by atoms with Gasteiger partial charge < -0.3 is 10.5 Å². The second-order valence-electron chi connectivity index (χ2n) is 3.77. The summed E-state index contributed by atoms with van der Waals surface area (Å²) < 4.78 is 4.69. The van der Waals surface area contributed by atoms with Gasteiger partial charge in [0.05, 0.1) is 18.4 Å². The van der Waals surface area contributed by atoms with E-state index in [9.17, 15) is 4.79 Å². The molecule has 0 amide bonds. The van der Waals surface area contributed by atoms with Crippen LogP contribution in [0, 0.1) is 0 Å².